The third-order valence-electron chi connectivity index (χ3n) is 4.91. The van der Waals surface area contributed by atoms with Crippen molar-refractivity contribution < 1.29 is 27.8 Å². The number of H-pyrrole nitrogens is 1. The zero-order valence-electron chi connectivity index (χ0n) is 15.3. The molecule has 3 rings (SSSR count). The molecule has 0 aliphatic heterocycles. The summed E-state index contributed by atoms with van der Waals surface area (Å²) in [6.07, 6.45) is -3.32. The van der Waals surface area contributed by atoms with Crippen LogP contribution in [0.15, 0.2) is 42.7 Å². The minimum absolute atomic E-state index is 0.123. The number of alkyl halides is 3. The highest BCUT2D eigenvalue weighted by Crippen LogP contribution is 2.44. The van der Waals surface area contributed by atoms with Gasteiger partial charge < -0.3 is 15.2 Å². The van der Waals surface area contributed by atoms with E-state index in [1.54, 1.807) is 6.07 Å². The molecule has 3 aromatic rings. The molecule has 0 amide bonds. The largest absolute Gasteiger partial charge is 0.508 e. The van der Waals surface area contributed by atoms with Crippen molar-refractivity contribution in [3.8, 4) is 5.75 Å². The number of benzene rings is 1. The van der Waals surface area contributed by atoms with E-state index in [2.05, 4.69) is 9.97 Å². The second-order valence-electron chi connectivity index (χ2n) is 7.69. The average Bonchev–Trinajstić information content (AvgIpc) is 2.94. The van der Waals surface area contributed by atoms with Crippen molar-refractivity contribution >= 4 is 10.9 Å². The Bertz CT molecular complexity index is 964. The standard InChI is InChI=1S/C20H20F4N2O2/c1-18(2,15-4-3-13(21)8-17(15)27)11-19(28,20(22,23)24)9-14-7-12-10-25-6-5-16(12)26-14/h3-8,10,26-28H,9,11H2,1-2H3. The SMILES string of the molecule is CC(C)(CC(O)(Cc1cc2cnccc2[nH]1)C(F)(F)F)c1ccc(F)cc1O. The topological polar surface area (TPSA) is 69.1 Å². The van der Waals surface area contributed by atoms with Crippen molar-refractivity contribution in [2.45, 2.75) is 43.9 Å². The number of aliphatic hydroxyl groups is 1. The quantitative estimate of drug-likeness (QED) is 0.552. The number of fused-ring (bicyclic) bond motifs is 1. The van der Waals surface area contributed by atoms with Gasteiger partial charge in [-0.1, -0.05) is 19.9 Å². The van der Waals surface area contributed by atoms with Gasteiger partial charge in [-0.3, -0.25) is 4.98 Å². The maximum Gasteiger partial charge on any atom is 0.417 e. The molecule has 0 spiro atoms. The van der Waals surface area contributed by atoms with Crippen LogP contribution in [0.4, 0.5) is 17.6 Å². The third-order valence-corrected chi connectivity index (χ3v) is 4.91. The van der Waals surface area contributed by atoms with E-state index in [0.29, 0.717) is 10.9 Å². The van der Waals surface area contributed by atoms with E-state index < -0.39 is 41.6 Å². The van der Waals surface area contributed by atoms with E-state index >= 15 is 0 Å². The Morgan fingerprint density at radius 2 is 1.82 bits per heavy atom. The van der Waals surface area contributed by atoms with Gasteiger partial charge in [-0.2, -0.15) is 13.2 Å². The van der Waals surface area contributed by atoms with Crippen molar-refractivity contribution in [2.75, 3.05) is 0 Å². The van der Waals surface area contributed by atoms with E-state index in [9.17, 15) is 27.8 Å². The van der Waals surface area contributed by atoms with Crippen LogP contribution in [-0.2, 0) is 11.8 Å². The van der Waals surface area contributed by atoms with E-state index in [0.717, 1.165) is 12.1 Å². The molecule has 150 valence electrons. The molecular weight excluding hydrogens is 376 g/mol. The van der Waals surface area contributed by atoms with Gasteiger partial charge >= 0.3 is 6.18 Å². The van der Waals surface area contributed by atoms with Gasteiger partial charge in [-0.15, -0.1) is 0 Å². The van der Waals surface area contributed by atoms with Crippen LogP contribution in [0.1, 0.15) is 31.5 Å². The molecule has 0 bridgehead atoms. The number of rotatable bonds is 5. The van der Waals surface area contributed by atoms with Gasteiger partial charge in [-0.25, -0.2) is 4.39 Å². The zero-order valence-corrected chi connectivity index (χ0v) is 15.3. The number of aromatic nitrogens is 2. The van der Waals surface area contributed by atoms with Gasteiger partial charge in [0.15, 0.2) is 5.60 Å². The summed E-state index contributed by atoms with van der Waals surface area (Å²) in [6, 6.07) is 6.28. The first-order chi connectivity index (χ1) is 12.9. The van der Waals surface area contributed by atoms with Crippen molar-refractivity contribution in [3.63, 3.8) is 0 Å². The molecule has 1 unspecified atom stereocenters. The normalized spacial score (nSPS) is 15.0. The lowest BCUT2D eigenvalue weighted by atomic mass is 9.73. The van der Waals surface area contributed by atoms with Crippen LogP contribution in [0.3, 0.4) is 0 Å². The number of aromatic hydroxyl groups is 1. The minimum atomic E-state index is -4.92. The van der Waals surface area contributed by atoms with Crippen molar-refractivity contribution in [3.05, 3.63) is 59.8 Å². The molecule has 0 aliphatic rings. The summed E-state index contributed by atoms with van der Waals surface area (Å²) >= 11 is 0. The maximum absolute atomic E-state index is 13.9. The van der Waals surface area contributed by atoms with E-state index in [-0.39, 0.29) is 11.3 Å². The lowest BCUT2D eigenvalue weighted by Crippen LogP contribution is -2.50. The number of nitrogens with zero attached hydrogens (tertiary/aromatic N) is 1. The fourth-order valence-electron chi connectivity index (χ4n) is 3.61. The Kier molecular flexibility index (Phi) is 4.87. The van der Waals surface area contributed by atoms with Gasteiger partial charge in [0.05, 0.1) is 0 Å². The summed E-state index contributed by atoms with van der Waals surface area (Å²) in [4.78, 5) is 6.79. The number of nitrogens with one attached hydrogen (secondary N) is 1. The number of aromatic amines is 1. The van der Waals surface area contributed by atoms with Crippen molar-refractivity contribution in [2.24, 2.45) is 0 Å². The fraction of sp³-hybridized carbons (Fsp3) is 0.350. The van der Waals surface area contributed by atoms with Crippen molar-refractivity contribution in [1.29, 1.82) is 0 Å². The predicted molar refractivity (Wildman–Crippen MR) is 96.5 cm³/mol. The molecule has 0 aliphatic carbocycles. The molecule has 2 aromatic heterocycles. The van der Waals surface area contributed by atoms with Crippen LogP contribution >= 0.6 is 0 Å². The molecule has 2 heterocycles. The molecule has 0 fully saturated rings. The number of pyridine rings is 1. The summed E-state index contributed by atoms with van der Waals surface area (Å²) in [5, 5.41) is 21.3. The zero-order chi connectivity index (χ0) is 20.7. The summed E-state index contributed by atoms with van der Waals surface area (Å²) in [6.45, 7) is 2.93. The number of phenols is 1. The second kappa shape index (κ2) is 6.77. The number of halogens is 4. The summed E-state index contributed by atoms with van der Waals surface area (Å²) in [7, 11) is 0. The number of phenolic OH excluding ortho intramolecular Hbond substituents is 1. The third kappa shape index (κ3) is 3.82. The summed E-state index contributed by atoms with van der Waals surface area (Å²) < 4.78 is 54.8. The number of hydrogen-bond acceptors (Lipinski definition) is 3. The Hall–Kier alpha value is -2.61. The van der Waals surface area contributed by atoms with Crippen LogP contribution in [0, 0.1) is 5.82 Å². The van der Waals surface area contributed by atoms with Crippen LogP contribution in [0.5, 0.6) is 5.75 Å². The Morgan fingerprint density at radius 1 is 1.11 bits per heavy atom. The van der Waals surface area contributed by atoms with Crippen LogP contribution in [0.25, 0.3) is 10.9 Å². The molecular formula is C20H20F4N2O2. The van der Waals surface area contributed by atoms with Gasteiger partial charge in [0.2, 0.25) is 0 Å². The van der Waals surface area contributed by atoms with Gasteiger partial charge in [0.25, 0.3) is 0 Å². The molecule has 0 saturated heterocycles. The molecule has 8 heteroatoms. The molecule has 0 radical (unpaired) electrons. The van der Waals surface area contributed by atoms with Gasteiger partial charge in [0, 0.05) is 41.5 Å². The molecule has 1 atom stereocenters. The van der Waals surface area contributed by atoms with Gasteiger partial charge in [-0.05, 0) is 35.6 Å². The first-order valence-corrected chi connectivity index (χ1v) is 8.61. The number of hydrogen-bond donors (Lipinski definition) is 3. The molecule has 0 saturated carbocycles. The van der Waals surface area contributed by atoms with Crippen molar-refractivity contribution in [1.82, 2.24) is 9.97 Å². The first kappa shape index (κ1) is 20.1. The highest BCUT2D eigenvalue weighted by molar-refractivity contribution is 5.79. The van der Waals surface area contributed by atoms with Crippen LogP contribution in [-0.4, -0.2) is 32.0 Å². The van der Waals surface area contributed by atoms with E-state index in [1.807, 2.05) is 0 Å². The molecule has 4 nitrogen and oxygen atoms in total. The van der Waals surface area contributed by atoms with Crippen LogP contribution in [0.2, 0.25) is 0 Å². The molecule has 28 heavy (non-hydrogen) atoms. The lowest BCUT2D eigenvalue weighted by Gasteiger charge is -2.38. The Labute approximate surface area is 158 Å². The predicted octanol–water partition coefficient (Wildman–Crippen LogP) is 4.61. The highest BCUT2D eigenvalue weighted by Gasteiger charge is 2.56. The second-order valence-corrected chi connectivity index (χ2v) is 7.69. The molecule has 1 aromatic carbocycles. The average molecular weight is 396 g/mol. The summed E-state index contributed by atoms with van der Waals surface area (Å²) in [5.41, 5.74) is -3.40. The first-order valence-electron chi connectivity index (χ1n) is 8.61. The monoisotopic (exact) mass is 396 g/mol. The fourth-order valence-corrected chi connectivity index (χ4v) is 3.61. The lowest BCUT2D eigenvalue weighted by molar-refractivity contribution is -0.266. The van der Waals surface area contributed by atoms with E-state index in [1.165, 1.54) is 38.4 Å². The molecule has 3 N–H and O–H groups in total. The smallest absolute Gasteiger partial charge is 0.417 e. The minimum Gasteiger partial charge on any atom is -0.508 e. The van der Waals surface area contributed by atoms with E-state index in [4.69, 9.17) is 0 Å². The van der Waals surface area contributed by atoms with Crippen LogP contribution < -0.4 is 0 Å². The van der Waals surface area contributed by atoms with Gasteiger partial charge in [0.1, 0.15) is 11.6 Å². The Morgan fingerprint density at radius 3 is 2.43 bits per heavy atom. The summed E-state index contributed by atoms with van der Waals surface area (Å²) in [5.74, 6) is -1.15. The Balaban J connectivity index is 1.96. The maximum atomic E-state index is 13.9. The highest BCUT2D eigenvalue weighted by atomic mass is 19.4.